The standard InChI is InChI=1S/C14H21NO/c1-5-6-13-9-14(10-15-12(13)4)16-8-7-11(2)3/h5-6,9-11H,7-8H2,1-4H3/b6-5-. The van der Waals surface area contributed by atoms with Crippen molar-refractivity contribution in [3.63, 3.8) is 0 Å². The number of pyridine rings is 1. The summed E-state index contributed by atoms with van der Waals surface area (Å²) in [5, 5.41) is 0. The van der Waals surface area contributed by atoms with Gasteiger partial charge in [-0.25, -0.2) is 0 Å². The van der Waals surface area contributed by atoms with Crippen molar-refractivity contribution in [2.45, 2.75) is 34.1 Å². The summed E-state index contributed by atoms with van der Waals surface area (Å²) < 4.78 is 5.66. The third-order valence-electron chi connectivity index (χ3n) is 2.41. The van der Waals surface area contributed by atoms with Gasteiger partial charge in [0.15, 0.2) is 0 Å². The van der Waals surface area contributed by atoms with Crippen molar-refractivity contribution in [1.29, 1.82) is 0 Å². The van der Waals surface area contributed by atoms with E-state index in [2.05, 4.69) is 24.9 Å². The topological polar surface area (TPSA) is 22.1 Å². The van der Waals surface area contributed by atoms with Crippen LogP contribution in [0.25, 0.3) is 6.08 Å². The summed E-state index contributed by atoms with van der Waals surface area (Å²) in [6, 6.07) is 2.04. The van der Waals surface area contributed by atoms with Gasteiger partial charge in [0, 0.05) is 5.69 Å². The van der Waals surface area contributed by atoms with Crippen LogP contribution in [0.4, 0.5) is 0 Å². The van der Waals surface area contributed by atoms with Crippen molar-refractivity contribution in [2.24, 2.45) is 5.92 Å². The van der Waals surface area contributed by atoms with Crippen LogP contribution in [0.2, 0.25) is 0 Å². The van der Waals surface area contributed by atoms with E-state index in [4.69, 9.17) is 4.74 Å². The zero-order chi connectivity index (χ0) is 12.0. The second kappa shape index (κ2) is 6.31. The molecule has 2 nitrogen and oxygen atoms in total. The molecule has 0 aliphatic rings. The summed E-state index contributed by atoms with van der Waals surface area (Å²) in [7, 11) is 0. The minimum Gasteiger partial charge on any atom is -0.492 e. The fraction of sp³-hybridized carbons (Fsp3) is 0.500. The van der Waals surface area contributed by atoms with Crippen molar-refractivity contribution >= 4 is 6.08 Å². The quantitative estimate of drug-likeness (QED) is 0.750. The van der Waals surface area contributed by atoms with E-state index in [-0.39, 0.29) is 0 Å². The molecule has 0 spiro atoms. The highest BCUT2D eigenvalue weighted by atomic mass is 16.5. The van der Waals surface area contributed by atoms with Gasteiger partial charge in [0.05, 0.1) is 12.8 Å². The second-order valence-corrected chi connectivity index (χ2v) is 4.38. The largest absolute Gasteiger partial charge is 0.492 e. The number of hydrogen-bond donors (Lipinski definition) is 0. The Hall–Kier alpha value is -1.31. The zero-order valence-corrected chi connectivity index (χ0v) is 10.7. The molecule has 0 aromatic carbocycles. The van der Waals surface area contributed by atoms with Crippen LogP contribution < -0.4 is 4.74 Å². The third-order valence-corrected chi connectivity index (χ3v) is 2.41. The first-order chi connectivity index (χ1) is 7.63. The van der Waals surface area contributed by atoms with Gasteiger partial charge in [0.1, 0.15) is 5.75 Å². The maximum absolute atomic E-state index is 5.66. The van der Waals surface area contributed by atoms with E-state index >= 15 is 0 Å². The van der Waals surface area contributed by atoms with Gasteiger partial charge < -0.3 is 4.74 Å². The Morgan fingerprint density at radius 1 is 1.44 bits per heavy atom. The normalized spacial score (nSPS) is 11.3. The maximum atomic E-state index is 5.66. The van der Waals surface area contributed by atoms with Crippen LogP contribution in [-0.4, -0.2) is 11.6 Å². The molecule has 0 radical (unpaired) electrons. The predicted octanol–water partition coefficient (Wildman–Crippen LogP) is 3.85. The highest BCUT2D eigenvalue weighted by Crippen LogP contribution is 2.16. The van der Waals surface area contributed by atoms with Gasteiger partial charge in [-0.2, -0.15) is 0 Å². The third kappa shape index (κ3) is 4.05. The van der Waals surface area contributed by atoms with Crippen LogP contribution in [0, 0.1) is 12.8 Å². The van der Waals surface area contributed by atoms with E-state index in [1.54, 1.807) is 6.20 Å². The van der Waals surface area contributed by atoms with E-state index in [0.29, 0.717) is 5.92 Å². The number of nitrogens with zero attached hydrogens (tertiary/aromatic N) is 1. The molecule has 0 unspecified atom stereocenters. The Kier molecular flexibility index (Phi) is 5.03. The monoisotopic (exact) mass is 219 g/mol. The fourth-order valence-corrected chi connectivity index (χ4v) is 1.37. The van der Waals surface area contributed by atoms with E-state index < -0.39 is 0 Å². The molecule has 1 rings (SSSR count). The number of ether oxygens (including phenoxy) is 1. The lowest BCUT2D eigenvalue weighted by Gasteiger charge is -2.09. The smallest absolute Gasteiger partial charge is 0.138 e. The molecule has 1 aromatic heterocycles. The molecule has 0 aliphatic heterocycles. The first kappa shape index (κ1) is 12.8. The first-order valence-electron chi connectivity index (χ1n) is 5.85. The van der Waals surface area contributed by atoms with E-state index in [9.17, 15) is 0 Å². The van der Waals surface area contributed by atoms with Crippen LogP contribution in [0.5, 0.6) is 5.75 Å². The van der Waals surface area contributed by atoms with Crippen LogP contribution in [-0.2, 0) is 0 Å². The Morgan fingerprint density at radius 3 is 2.81 bits per heavy atom. The second-order valence-electron chi connectivity index (χ2n) is 4.38. The van der Waals surface area contributed by atoms with E-state index in [1.807, 2.05) is 26.0 Å². The van der Waals surface area contributed by atoms with Gasteiger partial charge in [-0.15, -0.1) is 0 Å². The first-order valence-corrected chi connectivity index (χ1v) is 5.85. The molecule has 0 atom stereocenters. The Balaban J connectivity index is 2.64. The number of aryl methyl sites for hydroxylation is 1. The highest BCUT2D eigenvalue weighted by Gasteiger charge is 2.00. The minimum atomic E-state index is 0.674. The lowest BCUT2D eigenvalue weighted by atomic mass is 10.1. The van der Waals surface area contributed by atoms with Crippen LogP contribution in [0.15, 0.2) is 18.3 Å². The summed E-state index contributed by atoms with van der Waals surface area (Å²) in [4.78, 5) is 4.32. The van der Waals surface area contributed by atoms with Crippen LogP contribution >= 0.6 is 0 Å². The Morgan fingerprint density at radius 2 is 2.19 bits per heavy atom. The van der Waals surface area contributed by atoms with Gasteiger partial charge in [0.2, 0.25) is 0 Å². The summed E-state index contributed by atoms with van der Waals surface area (Å²) in [6.45, 7) is 9.17. The molecule has 88 valence electrons. The van der Waals surface area contributed by atoms with Gasteiger partial charge in [-0.05, 0) is 37.8 Å². The zero-order valence-electron chi connectivity index (χ0n) is 10.7. The van der Waals surface area contributed by atoms with Crippen molar-refractivity contribution in [2.75, 3.05) is 6.61 Å². The molecule has 0 saturated heterocycles. The number of rotatable bonds is 5. The summed E-state index contributed by atoms with van der Waals surface area (Å²) >= 11 is 0. The summed E-state index contributed by atoms with van der Waals surface area (Å²) in [5.74, 6) is 1.53. The predicted molar refractivity (Wildman–Crippen MR) is 68.6 cm³/mol. The molecule has 0 aliphatic carbocycles. The number of hydrogen-bond acceptors (Lipinski definition) is 2. The molecule has 0 N–H and O–H groups in total. The van der Waals surface area contributed by atoms with Crippen molar-refractivity contribution in [1.82, 2.24) is 4.98 Å². The molecule has 1 heterocycles. The number of allylic oxidation sites excluding steroid dienone is 1. The molecule has 0 fully saturated rings. The average Bonchev–Trinajstić information content (AvgIpc) is 2.22. The van der Waals surface area contributed by atoms with E-state index in [0.717, 1.165) is 30.0 Å². The lowest BCUT2D eigenvalue weighted by molar-refractivity contribution is 0.288. The molecular formula is C14H21NO. The minimum absolute atomic E-state index is 0.674. The van der Waals surface area contributed by atoms with Gasteiger partial charge in [-0.3, -0.25) is 4.98 Å². The van der Waals surface area contributed by atoms with Gasteiger partial charge >= 0.3 is 0 Å². The Bertz CT molecular complexity index is 356. The average molecular weight is 219 g/mol. The van der Waals surface area contributed by atoms with Crippen molar-refractivity contribution in [3.8, 4) is 5.75 Å². The number of aromatic nitrogens is 1. The Labute approximate surface area is 98.4 Å². The van der Waals surface area contributed by atoms with Gasteiger partial charge in [-0.1, -0.05) is 26.0 Å². The maximum Gasteiger partial charge on any atom is 0.138 e. The molecule has 16 heavy (non-hydrogen) atoms. The SMILES string of the molecule is C/C=C\c1cc(OCCC(C)C)cnc1C. The molecular weight excluding hydrogens is 198 g/mol. The molecule has 1 aromatic rings. The van der Waals surface area contributed by atoms with Crippen molar-refractivity contribution in [3.05, 3.63) is 29.6 Å². The van der Waals surface area contributed by atoms with Crippen molar-refractivity contribution < 1.29 is 4.74 Å². The van der Waals surface area contributed by atoms with Crippen LogP contribution in [0.3, 0.4) is 0 Å². The summed E-state index contributed by atoms with van der Waals surface area (Å²) in [6.07, 6.45) is 6.94. The lowest BCUT2D eigenvalue weighted by Crippen LogP contribution is -2.02. The molecule has 0 saturated carbocycles. The van der Waals surface area contributed by atoms with Crippen LogP contribution in [0.1, 0.15) is 38.4 Å². The molecule has 0 amide bonds. The van der Waals surface area contributed by atoms with E-state index in [1.165, 1.54) is 0 Å². The fourth-order valence-electron chi connectivity index (χ4n) is 1.37. The van der Waals surface area contributed by atoms with Gasteiger partial charge in [0.25, 0.3) is 0 Å². The molecule has 0 bridgehead atoms. The highest BCUT2D eigenvalue weighted by molar-refractivity contribution is 5.53. The summed E-state index contributed by atoms with van der Waals surface area (Å²) in [5.41, 5.74) is 2.17. The molecule has 2 heteroatoms.